The van der Waals surface area contributed by atoms with E-state index < -0.39 is 56.2 Å². The number of para-hydroxylation sites is 1. The molecule has 0 bridgehead atoms. The normalized spacial score (nSPS) is 20.5. The molecular formula is C39H56N9O9P. The van der Waals surface area contributed by atoms with Gasteiger partial charge in [0.1, 0.15) is 41.9 Å². The van der Waals surface area contributed by atoms with Crippen LogP contribution in [0.1, 0.15) is 104 Å². The van der Waals surface area contributed by atoms with E-state index in [-0.39, 0.29) is 36.2 Å². The number of esters is 2. The van der Waals surface area contributed by atoms with Crippen molar-refractivity contribution < 1.29 is 42.5 Å². The Kier molecular flexibility index (Phi) is 18.2. The van der Waals surface area contributed by atoms with Gasteiger partial charge in [-0.05, 0) is 55.5 Å². The van der Waals surface area contributed by atoms with Crippen LogP contribution in [0.3, 0.4) is 0 Å². The predicted octanol–water partition coefficient (Wildman–Crippen LogP) is 7.07. The van der Waals surface area contributed by atoms with Gasteiger partial charge >= 0.3 is 19.7 Å². The number of azide groups is 1. The molecule has 1 saturated heterocycles. The monoisotopic (exact) mass is 825 g/mol. The van der Waals surface area contributed by atoms with E-state index in [1.807, 2.05) is 19.9 Å². The third-order valence-electron chi connectivity index (χ3n) is 10.1. The first kappa shape index (κ1) is 45.9. The maximum absolute atomic E-state index is 14.4. The zero-order chi connectivity index (χ0) is 42.0. The minimum Gasteiger partial charge on any atom is -0.464 e. The van der Waals surface area contributed by atoms with E-state index in [9.17, 15) is 24.5 Å². The van der Waals surface area contributed by atoms with Crippen LogP contribution in [-0.4, -0.2) is 75.8 Å². The second-order valence-corrected chi connectivity index (χ2v) is 16.0. The number of hydrogen-bond donors (Lipinski definition) is 3. The van der Waals surface area contributed by atoms with Crippen molar-refractivity contribution in [2.24, 2.45) is 11.0 Å². The molecule has 3 aromatic rings. The molecule has 0 saturated carbocycles. The minimum atomic E-state index is -4.44. The number of nitrogens with one attached hydrogen (secondary N) is 1. The molecule has 4 rings (SSSR count). The topological polar surface area (TPSA) is 258 Å². The quantitative estimate of drug-likeness (QED) is 0.0183. The van der Waals surface area contributed by atoms with Gasteiger partial charge in [0.2, 0.25) is 5.60 Å². The van der Waals surface area contributed by atoms with Crippen LogP contribution in [0.2, 0.25) is 0 Å². The second-order valence-electron chi connectivity index (χ2n) is 14.3. The van der Waals surface area contributed by atoms with Gasteiger partial charge in [-0.15, -0.1) is 0 Å². The molecule has 4 N–H and O–H groups in total. The molecule has 1 aliphatic rings. The van der Waals surface area contributed by atoms with Crippen molar-refractivity contribution in [2.45, 2.75) is 128 Å². The van der Waals surface area contributed by atoms with Crippen LogP contribution >= 0.6 is 7.75 Å². The number of anilines is 1. The van der Waals surface area contributed by atoms with E-state index in [4.69, 9.17) is 34.5 Å². The maximum Gasteiger partial charge on any atom is 0.459 e. The largest absolute Gasteiger partial charge is 0.464 e. The molecule has 0 aliphatic carbocycles. The lowest BCUT2D eigenvalue weighted by Crippen LogP contribution is -2.43. The van der Waals surface area contributed by atoms with E-state index in [2.05, 4.69) is 25.2 Å². The van der Waals surface area contributed by atoms with Crippen LogP contribution < -0.4 is 15.3 Å². The van der Waals surface area contributed by atoms with Gasteiger partial charge in [0.25, 0.3) is 0 Å². The van der Waals surface area contributed by atoms with Crippen molar-refractivity contribution in [3.8, 4) is 11.8 Å². The number of benzene rings is 1. The lowest BCUT2D eigenvalue weighted by molar-refractivity contribution is -0.156. The first-order chi connectivity index (χ1) is 28.0. The van der Waals surface area contributed by atoms with Crippen molar-refractivity contribution in [3.05, 3.63) is 64.9 Å². The number of aliphatic hydroxyl groups excluding tert-OH is 1. The van der Waals surface area contributed by atoms with Crippen molar-refractivity contribution in [1.82, 2.24) is 19.7 Å². The molecule has 0 amide bonds. The summed E-state index contributed by atoms with van der Waals surface area (Å²) < 4.78 is 45.1. The van der Waals surface area contributed by atoms with Gasteiger partial charge in [-0.3, -0.25) is 14.1 Å². The van der Waals surface area contributed by atoms with Gasteiger partial charge in [0.15, 0.2) is 11.9 Å². The molecule has 0 unspecified atom stereocenters. The van der Waals surface area contributed by atoms with E-state index in [1.54, 1.807) is 36.4 Å². The summed E-state index contributed by atoms with van der Waals surface area (Å²) in [6.45, 7) is 5.55. The summed E-state index contributed by atoms with van der Waals surface area (Å²) in [6.07, 6.45) is 6.63. The zero-order valence-electron chi connectivity index (χ0n) is 33.5. The van der Waals surface area contributed by atoms with Crippen LogP contribution in [0, 0.1) is 17.2 Å². The minimum absolute atomic E-state index is 0.0429. The molecule has 0 radical (unpaired) electrons. The molecule has 316 valence electrons. The lowest BCUT2D eigenvalue weighted by Gasteiger charge is -2.26. The summed E-state index contributed by atoms with van der Waals surface area (Å²) in [5.41, 5.74) is 12.7. The molecule has 1 aromatic carbocycles. The van der Waals surface area contributed by atoms with Gasteiger partial charge in [-0.1, -0.05) is 94.9 Å². The van der Waals surface area contributed by atoms with E-state index in [1.165, 1.54) is 23.8 Å². The highest BCUT2D eigenvalue weighted by molar-refractivity contribution is 7.52. The predicted molar refractivity (Wildman–Crippen MR) is 214 cm³/mol. The number of carbonyl (C=O) groups is 2. The number of rotatable bonds is 26. The SMILES string of the molecule is CCC(CC)COC(=O)[C@@H](C)N[P@](=O)(OC[C@H]1O[C@@](C#N)(c2ccc3c(N)ncnn23)[C@H](O)[C@@H]1OC(=O)CCCCCCCCCCCN=[N+]=[N-])Oc1ccccc1. The highest BCUT2D eigenvalue weighted by atomic mass is 31.2. The second kappa shape index (κ2) is 23.0. The molecule has 18 nitrogen and oxygen atoms in total. The van der Waals surface area contributed by atoms with Gasteiger partial charge in [0.05, 0.1) is 18.9 Å². The molecule has 58 heavy (non-hydrogen) atoms. The Hall–Kier alpha value is -4.75. The molecule has 6 atom stereocenters. The third kappa shape index (κ3) is 12.6. The Morgan fingerprint density at radius 2 is 1.78 bits per heavy atom. The summed E-state index contributed by atoms with van der Waals surface area (Å²) in [5, 5.41) is 32.9. The average molecular weight is 826 g/mol. The van der Waals surface area contributed by atoms with Crippen LogP contribution in [0.4, 0.5) is 5.82 Å². The Morgan fingerprint density at radius 1 is 1.10 bits per heavy atom. The number of unbranched alkanes of at least 4 members (excludes halogenated alkanes) is 8. The number of nitriles is 1. The fourth-order valence-electron chi connectivity index (χ4n) is 6.64. The van der Waals surface area contributed by atoms with Gasteiger partial charge < -0.3 is 29.6 Å². The summed E-state index contributed by atoms with van der Waals surface area (Å²) in [4.78, 5) is 33.0. The maximum atomic E-state index is 14.4. The first-order valence-electron chi connectivity index (χ1n) is 20.0. The summed E-state index contributed by atoms with van der Waals surface area (Å²) in [7, 11) is -4.44. The van der Waals surface area contributed by atoms with E-state index >= 15 is 0 Å². The highest BCUT2D eigenvalue weighted by Gasteiger charge is 2.60. The number of aromatic nitrogens is 3. The fourth-order valence-corrected chi connectivity index (χ4v) is 8.14. The summed E-state index contributed by atoms with van der Waals surface area (Å²) >= 11 is 0. The number of ether oxygens (including phenoxy) is 3. The van der Waals surface area contributed by atoms with Gasteiger partial charge in [0, 0.05) is 17.9 Å². The molecule has 2 aromatic heterocycles. The Bertz CT molecular complexity index is 1900. The Labute approximate surface area is 338 Å². The molecule has 1 aliphatic heterocycles. The molecular weight excluding hydrogens is 769 g/mol. The van der Waals surface area contributed by atoms with E-state index in [0.29, 0.717) is 18.5 Å². The molecule has 3 heterocycles. The summed E-state index contributed by atoms with van der Waals surface area (Å²) in [5.74, 6) is -0.860. The van der Waals surface area contributed by atoms with Crippen LogP contribution in [0.5, 0.6) is 5.75 Å². The van der Waals surface area contributed by atoms with Crippen LogP contribution in [-0.2, 0) is 38.5 Å². The molecule has 0 spiro atoms. The van der Waals surface area contributed by atoms with Crippen molar-refractivity contribution in [1.29, 1.82) is 5.26 Å². The first-order valence-corrected chi connectivity index (χ1v) is 21.5. The number of nitrogens with zero attached hydrogens (tertiary/aromatic N) is 7. The zero-order valence-corrected chi connectivity index (χ0v) is 34.4. The highest BCUT2D eigenvalue weighted by Crippen LogP contribution is 2.48. The van der Waals surface area contributed by atoms with Gasteiger partial charge in [-0.25, -0.2) is 14.1 Å². The number of aliphatic hydroxyl groups is 1. The third-order valence-corrected chi connectivity index (χ3v) is 11.8. The number of nitrogen functional groups attached to an aromatic ring is 1. The van der Waals surface area contributed by atoms with Crippen LogP contribution in [0.15, 0.2) is 53.9 Å². The molecule has 1 fully saturated rings. The standard InChI is InChI=1S/C39H56N9O9P/c1-4-29(5-2)24-53-38(51)28(3)46-58(52,57-30-18-14-13-15-19-30)54-25-32-35(55-34(49)20-16-11-9-7-6-8-10-12-17-23-44-47-42)36(50)39(26-40,56-32)33-22-21-31-37(41)43-27-45-48(31)33/h13-15,18-19,21-22,27-29,32,35-36,50H,4-12,16-17,20,23-25H2,1-3H3,(H,46,52)(H2,41,43,45)/t28-,32-,35-,36-,39+,58+/m1/s1. The lowest BCUT2D eigenvalue weighted by atomic mass is 9.92. The van der Waals surface area contributed by atoms with Crippen molar-refractivity contribution in [3.63, 3.8) is 0 Å². The fraction of sp³-hybridized carbons (Fsp3) is 0.615. The van der Waals surface area contributed by atoms with Crippen molar-refractivity contribution in [2.75, 3.05) is 25.5 Å². The number of nitrogens with two attached hydrogens (primary N) is 1. The van der Waals surface area contributed by atoms with Crippen molar-refractivity contribution >= 4 is 31.0 Å². The van der Waals surface area contributed by atoms with Crippen LogP contribution in [0.25, 0.3) is 16.0 Å². The Morgan fingerprint density at radius 3 is 2.43 bits per heavy atom. The Balaban J connectivity index is 1.49. The van der Waals surface area contributed by atoms with E-state index in [0.717, 1.165) is 64.2 Å². The molecule has 19 heteroatoms. The average Bonchev–Trinajstić information content (AvgIpc) is 3.78. The smallest absolute Gasteiger partial charge is 0.459 e. The van der Waals surface area contributed by atoms with Gasteiger partial charge in [-0.2, -0.15) is 15.4 Å². The number of fused-ring (bicyclic) bond motifs is 1. The summed E-state index contributed by atoms with van der Waals surface area (Å²) in [6, 6.07) is 12.1. The number of hydrogen-bond acceptors (Lipinski definition) is 14. The number of carbonyl (C=O) groups excluding carboxylic acids is 2.